The molecule has 0 aliphatic heterocycles. The van der Waals surface area contributed by atoms with Crippen molar-refractivity contribution in [3.05, 3.63) is 83.4 Å². The van der Waals surface area contributed by atoms with Gasteiger partial charge >= 0.3 is 0 Å². The largest absolute Gasteiger partial charge is 0.493 e. The summed E-state index contributed by atoms with van der Waals surface area (Å²) in [6.45, 7) is 4.07. The smallest absolute Gasteiger partial charge is 0.264 e. The van der Waals surface area contributed by atoms with Crippen LogP contribution in [0.1, 0.15) is 16.7 Å². The van der Waals surface area contributed by atoms with E-state index >= 15 is 0 Å². The van der Waals surface area contributed by atoms with Gasteiger partial charge in [0, 0.05) is 6.07 Å². The van der Waals surface area contributed by atoms with Crippen molar-refractivity contribution in [1.29, 1.82) is 0 Å². The lowest BCUT2D eigenvalue weighted by molar-refractivity contribution is 0.355. The van der Waals surface area contributed by atoms with Gasteiger partial charge in [-0.25, -0.2) is 8.42 Å². The van der Waals surface area contributed by atoms with E-state index in [0.717, 1.165) is 16.7 Å². The van der Waals surface area contributed by atoms with Crippen LogP contribution < -0.4 is 13.8 Å². The van der Waals surface area contributed by atoms with Crippen molar-refractivity contribution in [3.63, 3.8) is 0 Å². The minimum Gasteiger partial charge on any atom is -0.493 e. The molecule has 0 N–H and O–H groups in total. The summed E-state index contributed by atoms with van der Waals surface area (Å²) in [5.41, 5.74) is 3.40. The van der Waals surface area contributed by atoms with Crippen molar-refractivity contribution in [1.82, 2.24) is 0 Å². The molecule has 0 radical (unpaired) electrons. The monoisotopic (exact) mass is 411 g/mol. The summed E-state index contributed by atoms with van der Waals surface area (Å²) in [4.78, 5) is 0.249. The number of benzene rings is 3. The van der Waals surface area contributed by atoms with Crippen molar-refractivity contribution in [2.75, 3.05) is 18.5 Å². The molecular weight excluding hydrogens is 386 g/mol. The van der Waals surface area contributed by atoms with Gasteiger partial charge in [-0.05, 0) is 49.2 Å². The Kier molecular flexibility index (Phi) is 6.13. The van der Waals surface area contributed by atoms with Gasteiger partial charge in [-0.15, -0.1) is 0 Å². The molecule has 0 aliphatic carbocycles. The van der Waals surface area contributed by atoms with Crippen molar-refractivity contribution >= 4 is 15.7 Å². The first-order valence-corrected chi connectivity index (χ1v) is 10.7. The van der Waals surface area contributed by atoms with Crippen LogP contribution >= 0.6 is 0 Å². The number of rotatable bonds is 7. The van der Waals surface area contributed by atoms with Gasteiger partial charge in [-0.1, -0.05) is 42.0 Å². The molecule has 0 bridgehead atoms. The summed E-state index contributed by atoms with van der Waals surface area (Å²) in [7, 11) is -0.717. The highest BCUT2D eigenvalue weighted by atomic mass is 32.2. The van der Waals surface area contributed by atoms with Crippen LogP contribution in [0.15, 0.2) is 71.6 Å². The summed E-state index contributed by atoms with van der Waals surface area (Å²) in [6.07, 6.45) is 0. The number of aryl methyl sites for hydroxylation is 2. The van der Waals surface area contributed by atoms with Gasteiger partial charge in [-0.2, -0.15) is 0 Å². The van der Waals surface area contributed by atoms with Crippen LogP contribution in [-0.4, -0.2) is 22.6 Å². The van der Waals surface area contributed by atoms with Gasteiger partial charge in [0.05, 0.1) is 31.3 Å². The molecule has 0 atom stereocenters. The lowest BCUT2D eigenvalue weighted by atomic mass is 10.1. The van der Waals surface area contributed by atoms with E-state index in [1.807, 2.05) is 44.2 Å². The van der Waals surface area contributed by atoms with E-state index in [1.54, 1.807) is 43.5 Å². The van der Waals surface area contributed by atoms with Gasteiger partial charge in [0.1, 0.15) is 0 Å². The minimum atomic E-state index is -3.79. The van der Waals surface area contributed by atoms with Crippen LogP contribution in [0.5, 0.6) is 11.5 Å². The number of hydrogen-bond donors (Lipinski definition) is 0. The van der Waals surface area contributed by atoms with Crippen molar-refractivity contribution in [3.8, 4) is 11.5 Å². The maximum Gasteiger partial charge on any atom is 0.264 e. The molecule has 6 heteroatoms. The molecule has 29 heavy (non-hydrogen) atoms. The zero-order valence-electron chi connectivity index (χ0n) is 17.0. The van der Waals surface area contributed by atoms with Crippen molar-refractivity contribution < 1.29 is 17.9 Å². The third-order valence-corrected chi connectivity index (χ3v) is 6.45. The molecule has 0 aliphatic rings. The number of ether oxygens (including phenoxy) is 2. The van der Waals surface area contributed by atoms with Crippen molar-refractivity contribution in [2.24, 2.45) is 0 Å². The molecule has 0 heterocycles. The Morgan fingerprint density at radius 3 is 2.10 bits per heavy atom. The Balaban J connectivity index is 2.12. The molecule has 0 spiro atoms. The zero-order chi connectivity index (χ0) is 21.0. The second-order valence-corrected chi connectivity index (χ2v) is 8.72. The fourth-order valence-corrected chi connectivity index (χ4v) is 4.61. The van der Waals surface area contributed by atoms with Gasteiger partial charge < -0.3 is 9.47 Å². The number of hydrogen-bond acceptors (Lipinski definition) is 4. The fraction of sp³-hybridized carbons (Fsp3) is 0.217. The topological polar surface area (TPSA) is 55.8 Å². The second kappa shape index (κ2) is 8.57. The standard InChI is InChI=1S/C23H25NO4S/c1-17-8-10-19(11-9-17)16-24(20-12-13-22(27-3)23(15-20)28-4)29(25,26)21-7-5-6-18(2)14-21/h5-15H,16H2,1-4H3. The first-order chi connectivity index (χ1) is 13.8. The highest BCUT2D eigenvalue weighted by Gasteiger charge is 2.26. The van der Waals surface area contributed by atoms with E-state index in [9.17, 15) is 8.42 Å². The predicted molar refractivity (Wildman–Crippen MR) is 115 cm³/mol. The molecule has 3 aromatic carbocycles. The number of methoxy groups -OCH3 is 2. The number of anilines is 1. The minimum absolute atomic E-state index is 0.200. The van der Waals surface area contributed by atoms with Crippen LogP contribution in [0.25, 0.3) is 0 Å². The molecular formula is C23H25NO4S. The summed E-state index contributed by atoms with van der Waals surface area (Å²) in [6, 6.07) is 19.9. The fourth-order valence-electron chi connectivity index (χ4n) is 3.06. The Bertz CT molecular complexity index is 1090. The Morgan fingerprint density at radius 1 is 0.793 bits per heavy atom. The summed E-state index contributed by atoms with van der Waals surface area (Å²) >= 11 is 0. The van der Waals surface area contributed by atoms with Crippen LogP contribution in [0.3, 0.4) is 0 Å². The molecule has 0 amide bonds. The van der Waals surface area contributed by atoms with Crippen LogP contribution in [-0.2, 0) is 16.6 Å². The molecule has 0 saturated carbocycles. The number of nitrogens with zero attached hydrogens (tertiary/aromatic N) is 1. The summed E-state index contributed by atoms with van der Waals surface area (Å²) in [5.74, 6) is 1.01. The Morgan fingerprint density at radius 2 is 1.48 bits per heavy atom. The summed E-state index contributed by atoms with van der Waals surface area (Å²) < 4.78 is 39.2. The third-order valence-electron chi connectivity index (χ3n) is 4.68. The van der Waals surface area contributed by atoms with E-state index in [1.165, 1.54) is 11.4 Å². The Labute approximate surface area is 172 Å². The Hall–Kier alpha value is -2.99. The van der Waals surface area contributed by atoms with E-state index < -0.39 is 10.0 Å². The highest BCUT2D eigenvalue weighted by molar-refractivity contribution is 7.92. The van der Waals surface area contributed by atoms with Gasteiger partial charge in [0.15, 0.2) is 11.5 Å². The third kappa shape index (κ3) is 4.54. The maximum absolute atomic E-state index is 13.6. The lowest BCUT2D eigenvalue weighted by Gasteiger charge is -2.26. The van der Waals surface area contributed by atoms with Crippen LogP contribution in [0.4, 0.5) is 5.69 Å². The predicted octanol–water partition coefficient (Wildman–Crippen LogP) is 4.72. The first kappa shape index (κ1) is 20.7. The van der Waals surface area contributed by atoms with E-state index in [2.05, 4.69) is 0 Å². The van der Waals surface area contributed by atoms with E-state index in [4.69, 9.17) is 9.47 Å². The van der Waals surface area contributed by atoms with Gasteiger partial charge in [0.25, 0.3) is 10.0 Å². The van der Waals surface area contributed by atoms with Gasteiger partial charge in [-0.3, -0.25) is 4.31 Å². The second-order valence-electron chi connectivity index (χ2n) is 6.85. The van der Waals surface area contributed by atoms with E-state index in [0.29, 0.717) is 17.2 Å². The van der Waals surface area contributed by atoms with Gasteiger partial charge in [0.2, 0.25) is 0 Å². The molecule has 0 fully saturated rings. The van der Waals surface area contributed by atoms with E-state index in [-0.39, 0.29) is 11.4 Å². The quantitative estimate of drug-likeness (QED) is 0.565. The highest BCUT2D eigenvalue weighted by Crippen LogP contribution is 2.34. The molecule has 3 rings (SSSR count). The molecule has 3 aromatic rings. The van der Waals surface area contributed by atoms with Crippen LogP contribution in [0.2, 0.25) is 0 Å². The average Bonchev–Trinajstić information content (AvgIpc) is 2.72. The SMILES string of the molecule is COc1ccc(N(Cc2ccc(C)cc2)S(=O)(=O)c2cccc(C)c2)cc1OC. The maximum atomic E-state index is 13.6. The zero-order valence-corrected chi connectivity index (χ0v) is 17.9. The summed E-state index contributed by atoms with van der Waals surface area (Å²) in [5, 5.41) is 0. The molecule has 0 saturated heterocycles. The van der Waals surface area contributed by atoms with Crippen molar-refractivity contribution in [2.45, 2.75) is 25.3 Å². The molecule has 0 unspecified atom stereocenters. The number of sulfonamides is 1. The molecule has 152 valence electrons. The lowest BCUT2D eigenvalue weighted by Crippen LogP contribution is -2.30. The normalized spacial score (nSPS) is 11.2. The first-order valence-electron chi connectivity index (χ1n) is 9.22. The molecule has 5 nitrogen and oxygen atoms in total. The van der Waals surface area contributed by atoms with Crippen LogP contribution in [0, 0.1) is 13.8 Å². The average molecular weight is 412 g/mol. The molecule has 0 aromatic heterocycles.